The van der Waals surface area contributed by atoms with Crippen LogP contribution in [0.1, 0.15) is 17.0 Å². The van der Waals surface area contributed by atoms with E-state index in [0.29, 0.717) is 0 Å². The third-order valence-corrected chi connectivity index (χ3v) is 2.98. The molecule has 0 amide bonds. The molecule has 0 aliphatic rings. The molecule has 0 spiro atoms. The van der Waals surface area contributed by atoms with E-state index in [1.807, 2.05) is 24.7 Å². The topological polar surface area (TPSA) is 43.8 Å². The highest BCUT2D eigenvalue weighted by Gasteiger charge is 2.09. The standard InChI is InChI=1S/C14H18FN3/c1-10-7-14(18(2)17-10)9-13(16)8-11-3-5-12(15)6-4-11/h3-7,13H,8-9,16H2,1-2H3. The Morgan fingerprint density at radius 3 is 2.50 bits per heavy atom. The van der Waals surface area contributed by atoms with Crippen LogP contribution in [0, 0.1) is 12.7 Å². The van der Waals surface area contributed by atoms with E-state index in [2.05, 4.69) is 5.10 Å². The highest BCUT2D eigenvalue weighted by atomic mass is 19.1. The first-order valence-electron chi connectivity index (χ1n) is 6.04. The van der Waals surface area contributed by atoms with Crippen molar-refractivity contribution in [1.82, 2.24) is 9.78 Å². The fraction of sp³-hybridized carbons (Fsp3) is 0.357. The summed E-state index contributed by atoms with van der Waals surface area (Å²) in [6.07, 6.45) is 1.51. The molecule has 2 N–H and O–H groups in total. The van der Waals surface area contributed by atoms with Crippen LogP contribution in [0.2, 0.25) is 0 Å². The molecule has 2 rings (SSSR count). The minimum absolute atomic E-state index is 0.0188. The second-order valence-corrected chi connectivity index (χ2v) is 4.70. The first-order valence-corrected chi connectivity index (χ1v) is 6.04. The Morgan fingerprint density at radius 1 is 1.28 bits per heavy atom. The molecule has 0 radical (unpaired) electrons. The first kappa shape index (κ1) is 12.8. The predicted octanol–water partition coefficient (Wildman–Crippen LogP) is 1.98. The second-order valence-electron chi connectivity index (χ2n) is 4.70. The maximum Gasteiger partial charge on any atom is 0.123 e. The number of aromatic nitrogens is 2. The Morgan fingerprint density at radius 2 is 1.94 bits per heavy atom. The average Bonchev–Trinajstić information content (AvgIpc) is 2.61. The van der Waals surface area contributed by atoms with E-state index in [-0.39, 0.29) is 11.9 Å². The zero-order valence-electron chi connectivity index (χ0n) is 10.7. The number of nitrogens with two attached hydrogens (primary N) is 1. The molecule has 0 saturated heterocycles. The molecule has 4 heteroatoms. The zero-order valence-corrected chi connectivity index (χ0v) is 10.7. The summed E-state index contributed by atoms with van der Waals surface area (Å²) in [6.45, 7) is 1.97. The van der Waals surface area contributed by atoms with E-state index in [1.165, 1.54) is 12.1 Å². The van der Waals surface area contributed by atoms with Crippen molar-refractivity contribution in [3.05, 3.63) is 53.1 Å². The van der Waals surface area contributed by atoms with Crippen molar-refractivity contribution < 1.29 is 4.39 Å². The van der Waals surface area contributed by atoms with Gasteiger partial charge in [0.2, 0.25) is 0 Å². The van der Waals surface area contributed by atoms with E-state index in [9.17, 15) is 4.39 Å². The van der Waals surface area contributed by atoms with Crippen molar-refractivity contribution in [3.63, 3.8) is 0 Å². The van der Waals surface area contributed by atoms with Crippen LogP contribution in [0.25, 0.3) is 0 Å². The molecule has 0 aliphatic carbocycles. The van der Waals surface area contributed by atoms with Crippen molar-refractivity contribution in [2.75, 3.05) is 0 Å². The van der Waals surface area contributed by atoms with Crippen LogP contribution in [0.4, 0.5) is 4.39 Å². The molecule has 0 bridgehead atoms. The highest BCUT2D eigenvalue weighted by molar-refractivity contribution is 5.18. The predicted molar refractivity (Wildman–Crippen MR) is 69.7 cm³/mol. The van der Waals surface area contributed by atoms with Gasteiger partial charge in [-0.15, -0.1) is 0 Å². The van der Waals surface area contributed by atoms with Gasteiger partial charge in [-0.1, -0.05) is 12.1 Å². The minimum atomic E-state index is -0.213. The molecule has 0 aliphatic heterocycles. The van der Waals surface area contributed by atoms with Crippen molar-refractivity contribution >= 4 is 0 Å². The molecular formula is C14H18FN3. The Bertz CT molecular complexity index is 516. The molecule has 18 heavy (non-hydrogen) atoms. The second kappa shape index (κ2) is 5.31. The maximum atomic E-state index is 12.8. The Balaban J connectivity index is 1.98. The molecule has 2 aromatic rings. The van der Waals surface area contributed by atoms with Gasteiger partial charge in [-0.3, -0.25) is 4.68 Å². The van der Waals surface area contributed by atoms with Gasteiger partial charge in [0.1, 0.15) is 5.82 Å². The lowest BCUT2D eigenvalue weighted by atomic mass is 10.0. The number of nitrogens with zero attached hydrogens (tertiary/aromatic N) is 2. The van der Waals surface area contributed by atoms with E-state index >= 15 is 0 Å². The number of aryl methyl sites for hydroxylation is 2. The fourth-order valence-corrected chi connectivity index (χ4v) is 2.12. The molecule has 1 unspecified atom stereocenters. The van der Waals surface area contributed by atoms with Gasteiger partial charge in [-0.25, -0.2) is 4.39 Å². The van der Waals surface area contributed by atoms with E-state index < -0.39 is 0 Å². The molecule has 3 nitrogen and oxygen atoms in total. The molecule has 0 saturated carbocycles. The molecule has 1 aromatic carbocycles. The lowest BCUT2D eigenvalue weighted by Crippen LogP contribution is -2.26. The van der Waals surface area contributed by atoms with E-state index in [1.54, 1.807) is 12.1 Å². The number of hydrogen-bond acceptors (Lipinski definition) is 2. The quantitative estimate of drug-likeness (QED) is 0.897. The molecular weight excluding hydrogens is 229 g/mol. The van der Waals surface area contributed by atoms with Gasteiger partial charge in [0.25, 0.3) is 0 Å². The van der Waals surface area contributed by atoms with Crippen LogP contribution in [0.3, 0.4) is 0 Å². The summed E-state index contributed by atoms with van der Waals surface area (Å²) < 4.78 is 14.6. The first-order chi connectivity index (χ1) is 8.54. The van der Waals surface area contributed by atoms with Crippen LogP contribution in [-0.4, -0.2) is 15.8 Å². The van der Waals surface area contributed by atoms with E-state index in [0.717, 1.165) is 29.8 Å². The fourth-order valence-electron chi connectivity index (χ4n) is 2.12. The molecule has 96 valence electrons. The highest BCUT2D eigenvalue weighted by Crippen LogP contribution is 2.09. The van der Waals surface area contributed by atoms with Crippen molar-refractivity contribution in [2.24, 2.45) is 12.8 Å². The van der Waals surface area contributed by atoms with Gasteiger partial charge in [0, 0.05) is 25.2 Å². The third-order valence-electron chi connectivity index (χ3n) is 2.98. The smallest absolute Gasteiger partial charge is 0.123 e. The maximum absolute atomic E-state index is 12.8. The van der Waals surface area contributed by atoms with Gasteiger partial charge >= 0.3 is 0 Å². The lowest BCUT2D eigenvalue weighted by molar-refractivity contribution is 0.607. The molecule has 0 fully saturated rings. The number of benzene rings is 1. The van der Waals surface area contributed by atoms with Gasteiger partial charge in [-0.2, -0.15) is 5.10 Å². The van der Waals surface area contributed by atoms with Crippen LogP contribution in [0.5, 0.6) is 0 Å². The van der Waals surface area contributed by atoms with Crippen LogP contribution in [-0.2, 0) is 19.9 Å². The molecule has 1 atom stereocenters. The summed E-state index contributed by atoms with van der Waals surface area (Å²) in [5, 5.41) is 4.29. The summed E-state index contributed by atoms with van der Waals surface area (Å²) in [7, 11) is 1.92. The van der Waals surface area contributed by atoms with Crippen molar-refractivity contribution in [2.45, 2.75) is 25.8 Å². The van der Waals surface area contributed by atoms with E-state index in [4.69, 9.17) is 5.73 Å². The SMILES string of the molecule is Cc1cc(CC(N)Cc2ccc(F)cc2)n(C)n1. The number of halogens is 1. The van der Waals surface area contributed by atoms with Gasteiger partial charge in [0.05, 0.1) is 5.69 Å². The normalized spacial score (nSPS) is 12.7. The monoisotopic (exact) mass is 247 g/mol. The lowest BCUT2D eigenvalue weighted by Gasteiger charge is -2.11. The van der Waals surface area contributed by atoms with Gasteiger partial charge < -0.3 is 5.73 Å². The number of hydrogen-bond donors (Lipinski definition) is 1. The number of rotatable bonds is 4. The largest absolute Gasteiger partial charge is 0.327 e. The van der Waals surface area contributed by atoms with Gasteiger partial charge in [0.15, 0.2) is 0 Å². The van der Waals surface area contributed by atoms with Crippen LogP contribution >= 0.6 is 0 Å². The Kier molecular flexibility index (Phi) is 3.77. The van der Waals surface area contributed by atoms with Crippen LogP contribution < -0.4 is 5.73 Å². The third kappa shape index (κ3) is 3.17. The van der Waals surface area contributed by atoms with Crippen molar-refractivity contribution in [3.8, 4) is 0 Å². The summed E-state index contributed by atoms with van der Waals surface area (Å²) in [5.41, 5.74) is 9.31. The Labute approximate surface area is 106 Å². The zero-order chi connectivity index (χ0) is 13.1. The van der Waals surface area contributed by atoms with Crippen LogP contribution in [0.15, 0.2) is 30.3 Å². The summed E-state index contributed by atoms with van der Waals surface area (Å²) in [6, 6.07) is 8.56. The molecule has 1 heterocycles. The summed E-state index contributed by atoms with van der Waals surface area (Å²) in [5.74, 6) is -0.213. The average molecular weight is 247 g/mol. The van der Waals surface area contributed by atoms with Gasteiger partial charge in [-0.05, 0) is 37.1 Å². The van der Waals surface area contributed by atoms with Crippen molar-refractivity contribution in [1.29, 1.82) is 0 Å². The Hall–Kier alpha value is -1.68. The molecule has 1 aromatic heterocycles. The summed E-state index contributed by atoms with van der Waals surface area (Å²) in [4.78, 5) is 0. The summed E-state index contributed by atoms with van der Waals surface area (Å²) >= 11 is 0. The minimum Gasteiger partial charge on any atom is -0.327 e.